The first-order valence-corrected chi connectivity index (χ1v) is 9.03. The van der Waals surface area contributed by atoms with Crippen LogP contribution in [0.1, 0.15) is 33.6 Å². The number of amides is 1. The van der Waals surface area contributed by atoms with E-state index in [1.807, 2.05) is 0 Å². The van der Waals surface area contributed by atoms with Crippen LogP contribution >= 0.6 is 0 Å². The van der Waals surface area contributed by atoms with E-state index in [-0.39, 0.29) is 17.0 Å². The summed E-state index contributed by atoms with van der Waals surface area (Å²) in [6, 6.07) is 11.2. The molecule has 8 heteroatoms. The van der Waals surface area contributed by atoms with Gasteiger partial charge in [0.25, 0.3) is 5.91 Å². The van der Waals surface area contributed by atoms with Crippen molar-refractivity contribution in [3.05, 3.63) is 53.6 Å². The van der Waals surface area contributed by atoms with E-state index in [0.29, 0.717) is 30.2 Å². The fourth-order valence-corrected chi connectivity index (χ4v) is 2.93. The second-order valence-electron chi connectivity index (χ2n) is 6.31. The Kier molecular flexibility index (Phi) is 6.46. The monoisotopic (exact) mass is 399 g/mol. The Morgan fingerprint density at radius 2 is 1.69 bits per heavy atom. The highest BCUT2D eigenvalue weighted by Gasteiger charge is 2.23. The molecule has 1 atom stereocenters. The summed E-state index contributed by atoms with van der Waals surface area (Å²) in [7, 11) is 2.45. The highest BCUT2D eigenvalue weighted by molar-refractivity contribution is 6.03. The quantitative estimate of drug-likeness (QED) is 0.745. The van der Waals surface area contributed by atoms with E-state index >= 15 is 0 Å². The Morgan fingerprint density at radius 1 is 0.966 bits per heavy atom. The lowest BCUT2D eigenvalue weighted by atomic mass is 10.1. The topological polar surface area (TPSA) is 100 Å². The first-order valence-electron chi connectivity index (χ1n) is 9.03. The van der Waals surface area contributed by atoms with Crippen molar-refractivity contribution in [1.29, 1.82) is 0 Å². The molecule has 29 heavy (non-hydrogen) atoms. The maximum atomic E-state index is 12.2. The summed E-state index contributed by atoms with van der Waals surface area (Å²) in [6.07, 6.45) is 1.13. The molecule has 3 rings (SSSR count). The van der Waals surface area contributed by atoms with Crippen molar-refractivity contribution in [1.82, 2.24) is 0 Å². The van der Waals surface area contributed by atoms with Gasteiger partial charge in [-0.3, -0.25) is 4.79 Å². The van der Waals surface area contributed by atoms with Gasteiger partial charge in [-0.2, -0.15) is 0 Å². The molecular formula is C21H21NO7. The number of nitrogens with one attached hydrogen (secondary N) is 1. The molecular weight excluding hydrogens is 378 g/mol. The first kappa shape index (κ1) is 20.3. The Bertz CT molecular complexity index is 919. The number of methoxy groups -OCH3 is 2. The number of benzene rings is 2. The second-order valence-corrected chi connectivity index (χ2v) is 6.31. The van der Waals surface area contributed by atoms with Crippen LogP contribution in [0.15, 0.2) is 42.5 Å². The zero-order valence-electron chi connectivity index (χ0n) is 16.1. The fraction of sp³-hybridized carbons (Fsp3) is 0.286. The van der Waals surface area contributed by atoms with Gasteiger partial charge in [0, 0.05) is 18.4 Å². The maximum Gasteiger partial charge on any atom is 0.338 e. The largest absolute Gasteiger partial charge is 0.465 e. The van der Waals surface area contributed by atoms with Crippen molar-refractivity contribution in [2.24, 2.45) is 0 Å². The van der Waals surface area contributed by atoms with Crippen LogP contribution in [0.4, 0.5) is 5.69 Å². The number of carbonyl (C=O) groups excluding carboxylic acids is 3. The molecule has 8 nitrogen and oxygen atoms in total. The van der Waals surface area contributed by atoms with Crippen LogP contribution in [0.3, 0.4) is 0 Å². The van der Waals surface area contributed by atoms with Gasteiger partial charge < -0.3 is 24.3 Å². The van der Waals surface area contributed by atoms with E-state index in [4.69, 9.17) is 14.2 Å². The van der Waals surface area contributed by atoms with Crippen molar-refractivity contribution in [3.63, 3.8) is 0 Å². The van der Waals surface area contributed by atoms with Crippen LogP contribution in [0, 0.1) is 0 Å². The SMILES string of the molecule is COC(=O)c1ccc(Oc2cccc(NC(=O)C3CCCO3)c2)cc1C(=O)OC. The average Bonchev–Trinajstić information content (AvgIpc) is 3.28. The van der Waals surface area contributed by atoms with Crippen molar-refractivity contribution in [2.45, 2.75) is 18.9 Å². The highest BCUT2D eigenvalue weighted by Crippen LogP contribution is 2.27. The number of carbonyl (C=O) groups is 3. The van der Waals surface area contributed by atoms with Gasteiger partial charge in [-0.1, -0.05) is 6.07 Å². The van der Waals surface area contributed by atoms with Gasteiger partial charge in [0.05, 0.1) is 25.3 Å². The standard InChI is InChI=1S/C21H21NO7/c1-26-20(24)16-9-8-15(12-17(16)21(25)27-2)29-14-6-3-5-13(11-14)22-19(23)18-7-4-10-28-18/h3,5-6,8-9,11-12,18H,4,7,10H2,1-2H3,(H,22,23). The maximum absolute atomic E-state index is 12.2. The molecule has 0 saturated carbocycles. The lowest BCUT2D eigenvalue weighted by Gasteiger charge is -2.13. The molecule has 1 aliphatic heterocycles. The van der Waals surface area contributed by atoms with Crippen LogP contribution in [-0.4, -0.2) is 44.8 Å². The van der Waals surface area contributed by atoms with Gasteiger partial charge in [-0.05, 0) is 43.2 Å². The molecule has 1 aliphatic rings. The fourth-order valence-electron chi connectivity index (χ4n) is 2.93. The zero-order valence-corrected chi connectivity index (χ0v) is 16.1. The molecule has 2 aromatic carbocycles. The minimum Gasteiger partial charge on any atom is -0.465 e. The van der Waals surface area contributed by atoms with Crippen LogP contribution in [0.2, 0.25) is 0 Å². The molecule has 0 spiro atoms. The van der Waals surface area contributed by atoms with Gasteiger partial charge in [0.1, 0.15) is 17.6 Å². The zero-order chi connectivity index (χ0) is 20.8. The van der Waals surface area contributed by atoms with E-state index in [0.717, 1.165) is 6.42 Å². The van der Waals surface area contributed by atoms with Crippen molar-refractivity contribution in [3.8, 4) is 11.5 Å². The van der Waals surface area contributed by atoms with Crippen LogP contribution in [-0.2, 0) is 19.0 Å². The van der Waals surface area contributed by atoms with Crippen molar-refractivity contribution in [2.75, 3.05) is 26.1 Å². The number of anilines is 1. The summed E-state index contributed by atoms with van der Waals surface area (Å²) in [5.41, 5.74) is 0.659. The molecule has 1 heterocycles. The number of hydrogen-bond acceptors (Lipinski definition) is 7. The number of ether oxygens (including phenoxy) is 4. The van der Waals surface area contributed by atoms with Gasteiger partial charge in [-0.15, -0.1) is 0 Å². The summed E-state index contributed by atoms with van der Waals surface area (Å²) in [6.45, 7) is 0.589. The van der Waals surface area contributed by atoms with Crippen molar-refractivity contribution < 1.29 is 33.3 Å². The summed E-state index contributed by atoms with van der Waals surface area (Å²) in [5.74, 6) is -0.781. The molecule has 0 radical (unpaired) electrons. The predicted molar refractivity (Wildman–Crippen MR) is 103 cm³/mol. The van der Waals surface area contributed by atoms with Gasteiger partial charge in [0.15, 0.2) is 0 Å². The number of rotatable bonds is 6. The van der Waals surface area contributed by atoms with E-state index in [9.17, 15) is 14.4 Å². The van der Waals surface area contributed by atoms with Crippen LogP contribution < -0.4 is 10.1 Å². The van der Waals surface area contributed by atoms with E-state index in [1.165, 1.54) is 32.4 Å². The van der Waals surface area contributed by atoms with E-state index < -0.39 is 18.0 Å². The lowest BCUT2D eigenvalue weighted by molar-refractivity contribution is -0.124. The highest BCUT2D eigenvalue weighted by atomic mass is 16.5. The third kappa shape index (κ3) is 4.91. The van der Waals surface area contributed by atoms with E-state index in [2.05, 4.69) is 10.1 Å². The van der Waals surface area contributed by atoms with Gasteiger partial charge >= 0.3 is 11.9 Å². The predicted octanol–water partition coefficient (Wildman–Crippen LogP) is 3.17. The number of esters is 2. The third-order valence-electron chi connectivity index (χ3n) is 4.36. The Balaban J connectivity index is 1.78. The second kappa shape index (κ2) is 9.20. The first-order chi connectivity index (χ1) is 14.0. The van der Waals surface area contributed by atoms with Crippen LogP contribution in [0.5, 0.6) is 11.5 Å². The normalized spacial score (nSPS) is 15.4. The molecule has 0 bridgehead atoms. The lowest BCUT2D eigenvalue weighted by Crippen LogP contribution is -2.26. The molecule has 1 unspecified atom stereocenters. The third-order valence-corrected chi connectivity index (χ3v) is 4.36. The Morgan fingerprint density at radius 3 is 2.38 bits per heavy atom. The van der Waals surface area contributed by atoms with Gasteiger partial charge in [-0.25, -0.2) is 9.59 Å². The molecule has 1 fully saturated rings. The Hall–Kier alpha value is -3.39. The summed E-state index contributed by atoms with van der Waals surface area (Å²) < 4.78 is 20.6. The summed E-state index contributed by atoms with van der Waals surface area (Å²) in [5, 5.41) is 2.80. The van der Waals surface area contributed by atoms with Crippen molar-refractivity contribution >= 4 is 23.5 Å². The minimum absolute atomic E-state index is 0.0275. The van der Waals surface area contributed by atoms with Gasteiger partial charge in [0.2, 0.25) is 0 Å². The molecule has 152 valence electrons. The molecule has 0 aliphatic carbocycles. The Labute approximate surface area is 167 Å². The minimum atomic E-state index is -0.687. The summed E-state index contributed by atoms with van der Waals surface area (Å²) >= 11 is 0. The summed E-state index contributed by atoms with van der Waals surface area (Å²) in [4.78, 5) is 36.1. The number of hydrogen-bond donors (Lipinski definition) is 1. The molecule has 2 aromatic rings. The average molecular weight is 399 g/mol. The van der Waals surface area contributed by atoms with E-state index in [1.54, 1.807) is 24.3 Å². The molecule has 1 saturated heterocycles. The van der Waals surface area contributed by atoms with Crippen LogP contribution in [0.25, 0.3) is 0 Å². The molecule has 1 N–H and O–H groups in total. The smallest absolute Gasteiger partial charge is 0.338 e. The molecule has 1 amide bonds. The molecule has 0 aromatic heterocycles.